The average Bonchev–Trinajstić information content (AvgIpc) is 2.43. The second kappa shape index (κ2) is 4.52. The highest BCUT2D eigenvalue weighted by molar-refractivity contribution is 7.80. The zero-order valence-corrected chi connectivity index (χ0v) is 11.4. The summed E-state index contributed by atoms with van der Waals surface area (Å²) in [5, 5.41) is 5.19. The molecule has 0 aliphatic rings. The van der Waals surface area contributed by atoms with E-state index in [1.807, 2.05) is 30.1 Å². The Hall–Kier alpha value is -2.13. The van der Waals surface area contributed by atoms with Crippen LogP contribution in [-0.2, 0) is 0 Å². The van der Waals surface area contributed by atoms with Crippen LogP contribution in [0.5, 0.6) is 0 Å². The lowest BCUT2D eigenvalue weighted by Gasteiger charge is -2.19. The number of nitrogens with two attached hydrogens (primary N) is 1. The number of hydrogen-bond acceptors (Lipinski definition) is 1. The Bertz CT molecular complexity index is 780. The van der Waals surface area contributed by atoms with E-state index in [0.717, 1.165) is 11.1 Å². The lowest BCUT2D eigenvalue weighted by molar-refractivity contribution is 1.28. The van der Waals surface area contributed by atoms with Gasteiger partial charge in [0.1, 0.15) is 0 Å². The minimum Gasteiger partial charge on any atom is -0.376 e. The Morgan fingerprint density at radius 2 is 1.58 bits per heavy atom. The minimum atomic E-state index is 0.376. The fourth-order valence-corrected chi connectivity index (χ4v) is 2.46. The molecule has 94 valence electrons. The standard InChI is InChI=1S/C16H14N2S/c1-18(16(17)19)15-8-4-7-13-9-11-5-2-3-6-12(11)10-14(13)15/h2-10H,1H3,(H2,17,19). The molecule has 2 nitrogen and oxygen atoms in total. The molecule has 3 aromatic carbocycles. The summed E-state index contributed by atoms with van der Waals surface area (Å²) >= 11 is 5.06. The zero-order valence-electron chi connectivity index (χ0n) is 10.6. The lowest BCUT2D eigenvalue weighted by atomic mass is 10.0. The van der Waals surface area contributed by atoms with Crippen molar-refractivity contribution in [3.05, 3.63) is 54.6 Å². The minimum absolute atomic E-state index is 0.376. The molecule has 3 rings (SSSR count). The van der Waals surface area contributed by atoms with Crippen LogP contribution in [0.3, 0.4) is 0 Å². The van der Waals surface area contributed by atoms with Crippen molar-refractivity contribution < 1.29 is 0 Å². The van der Waals surface area contributed by atoms with Crippen LogP contribution in [0.15, 0.2) is 54.6 Å². The molecule has 0 radical (unpaired) electrons. The normalized spacial score (nSPS) is 10.8. The summed E-state index contributed by atoms with van der Waals surface area (Å²) in [6, 6.07) is 18.9. The molecular weight excluding hydrogens is 252 g/mol. The molecule has 0 atom stereocenters. The third kappa shape index (κ3) is 2.02. The summed E-state index contributed by atoms with van der Waals surface area (Å²) in [7, 11) is 1.90. The number of benzene rings is 3. The molecule has 0 bridgehead atoms. The average molecular weight is 266 g/mol. The third-order valence-electron chi connectivity index (χ3n) is 3.42. The SMILES string of the molecule is CN(C(N)=S)c1cccc2cc3ccccc3cc12. The van der Waals surface area contributed by atoms with Gasteiger partial charge in [-0.25, -0.2) is 0 Å². The van der Waals surface area contributed by atoms with Crippen molar-refractivity contribution in [2.24, 2.45) is 5.73 Å². The molecule has 2 N–H and O–H groups in total. The van der Waals surface area contributed by atoms with Crippen molar-refractivity contribution in [1.82, 2.24) is 0 Å². The second-order valence-corrected chi connectivity index (χ2v) is 5.01. The highest BCUT2D eigenvalue weighted by Gasteiger charge is 2.08. The van der Waals surface area contributed by atoms with E-state index < -0.39 is 0 Å². The summed E-state index contributed by atoms with van der Waals surface area (Å²) in [4.78, 5) is 1.84. The Morgan fingerprint density at radius 1 is 0.947 bits per heavy atom. The molecule has 0 spiro atoms. The van der Waals surface area contributed by atoms with E-state index >= 15 is 0 Å². The number of thiocarbonyl (C=S) groups is 1. The first-order valence-corrected chi connectivity index (χ1v) is 6.52. The molecule has 0 amide bonds. The maximum absolute atomic E-state index is 5.73. The molecule has 0 fully saturated rings. The quantitative estimate of drug-likeness (QED) is 0.538. The van der Waals surface area contributed by atoms with Gasteiger partial charge in [-0.1, -0.05) is 36.4 Å². The number of fused-ring (bicyclic) bond motifs is 2. The van der Waals surface area contributed by atoms with Gasteiger partial charge in [0, 0.05) is 12.4 Å². The number of rotatable bonds is 1. The monoisotopic (exact) mass is 266 g/mol. The molecule has 0 heterocycles. The van der Waals surface area contributed by atoms with Crippen LogP contribution in [0, 0.1) is 0 Å². The Labute approximate surface area is 117 Å². The number of hydrogen-bond donors (Lipinski definition) is 1. The maximum atomic E-state index is 5.73. The largest absolute Gasteiger partial charge is 0.376 e. The Morgan fingerprint density at radius 3 is 2.26 bits per heavy atom. The summed E-state index contributed by atoms with van der Waals surface area (Å²) < 4.78 is 0. The van der Waals surface area contributed by atoms with Gasteiger partial charge in [-0.3, -0.25) is 0 Å². The molecular formula is C16H14N2S. The van der Waals surface area contributed by atoms with E-state index in [-0.39, 0.29) is 0 Å². The van der Waals surface area contributed by atoms with E-state index in [1.165, 1.54) is 16.2 Å². The molecule has 0 saturated heterocycles. The van der Waals surface area contributed by atoms with Crippen molar-refractivity contribution in [2.45, 2.75) is 0 Å². The van der Waals surface area contributed by atoms with Crippen LogP contribution < -0.4 is 10.6 Å². The molecule has 19 heavy (non-hydrogen) atoms. The summed E-state index contributed by atoms with van der Waals surface area (Å²) in [6.45, 7) is 0. The van der Waals surface area contributed by atoms with Crippen molar-refractivity contribution in [3.63, 3.8) is 0 Å². The Kier molecular flexibility index (Phi) is 2.84. The molecule has 3 aromatic rings. The predicted octanol–water partition coefficient (Wildman–Crippen LogP) is 3.67. The highest BCUT2D eigenvalue weighted by atomic mass is 32.1. The Balaban J connectivity index is 2.35. The second-order valence-electron chi connectivity index (χ2n) is 4.59. The van der Waals surface area contributed by atoms with E-state index in [1.54, 1.807) is 0 Å². The topological polar surface area (TPSA) is 29.3 Å². The molecule has 0 aliphatic heterocycles. The molecule has 3 heteroatoms. The van der Waals surface area contributed by atoms with Crippen molar-refractivity contribution in [3.8, 4) is 0 Å². The summed E-state index contributed by atoms with van der Waals surface area (Å²) in [5.74, 6) is 0. The van der Waals surface area contributed by atoms with Gasteiger partial charge >= 0.3 is 0 Å². The van der Waals surface area contributed by atoms with Crippen LogP contribution in [-0.4, -0.2) is 12.2 Å². The summed E-state index contributed by atoms with van der Waals surface area (Å²) in [6.07, 6.45) is 0. The fraction of sp³-hybridized carbons (Fsp3) is 0.0625. The summed E-state index contributed by atoms with van der Waals surface area (Å²) in [5.41, 5.74) is 6.77. The van der Waals surface area contributed by atoms with Crippen molar-refractivity contribution in [1.29, 1.82) is 0 Å². The van der Waals surface area contributed by atoms with Crippen molar-refractivity contribution in [2.75, 3.05) is 11.9 Å². The van der Waals surface area contributed by atoms with Crippen LogP contribution in [0.2, 0.25) is 0 Å². The number of nitrogens with zero attached hydrogens (tertiary/aromatic N) is 1. The lowest BCUT2D eigenvalue weighted by Crippen LogP contribution is -2.31. The first-order valence-electron chi connectivity index (χ1n) is 6.11. The highest BCUT2D eigenvalue weighted by Crippen LogP contribution is 2.30. The molecule has 0 saturated carbocycles. The van der Waals surface area contributed by atoms with Gasteiger partial charge in [-0.2, -0.15) is 0 Å². The van der Waals surface area contributed by atoms with Gasteiger partial charge in [0.25, 0.3) is 0 Å². The third-order valence-corrected chi connectivity index (χ3v) is 3.69. The van der Waals surface area contributed by atoms with Gasteiger partial charge in [0.15, 0.2) is 5.11 Å². The van der Waals surface area contributed by atoms with E-state index in [0.29, 0.717) is 5.11 Å². The van der Waals surface area contributed by atoms with E-state index in [9.17, 15) is 0 Å². The zero-order chi connectivity index (χ0) is 13.4. The van der Waals surface area contributed by atoms with Crippen molar-refractivity contribution >= 4 is 44.6 Å². The van der Waals surface area contributed by atoms with Crippen LogP contribution >= 0.6 is 12.2 Å². The van der Waals surface area contributed by atoms with Gasteiger partial charge in [0.2, 0.25) is 0 Å². The van der Waals surface area contributed by atoms with Crippen LogP contribution in [0.4, 0.5) is 5.69 Å². The first kappa shape index (κ1) is 11.9. The maximum Gasteiger partial charge on any atom is 0.170 e. The van der Waals surface area contributed by atoms with E-state index in [2.05, 4.69) is 36.4 Å². The number of anilines is 1. The fourth-order valence-electron chi connectivity index (χ4n) is 2.36. The smallest absolute Gasteiger partial charge is 0.170 e. The predicted molar refractivity (Wildman–Crippen MR) is 86.6 cm³/mol. The molecule has 0 unspecified atom stereocenters. The van der Waals surface area contributed by atoms with Gasteiger partial charge in [0.05, 0.1) is 5.69 Å². The van der Waals surface area contributed by atoms with Gasteiger partial charge in [-0.05, 0) is 46.6 Å². The van der Waals surface area contributed by atoms with Crippen LogP contribution in [0.25, 0.3) is 21.5 Å². The first-order chi connectivity index (χ1) is 9.16. The van der Waals surface area contributed by atoms with Crippen LogP contribution in [0.1, 0.15) is 0 Å². The molecule has 0 aromatic heterocycles. The van der Waals surface area contributed by atoms with Gasteiger partial charge in [-0.15, -0.1) is 0 Å². The van der Waals surface area contributed by atoms with E-state index in [4.69, 9.17) is 18.0 Å². The molecule has 0 aliphatic carbocycles. The van der Waals surface area contributed by atoms with Gasteiger partial charge < -0.3 is 10.6 Å².